The molecule has 0 amide bonds. The molecule has 1 unspecified atom stereocenters. The van der Waals surface area contributed by atoms with E-state index in [1.807, 2.05) is 39.8 Å². The number of nitrogens with one attached hydrogen (secondary N) is 1. The van der Waals surface area contributed by atoms with Gasteiger partial charge < -0.3 is 54.9 Å². The van der Waals surface area contributed by atoms with E-state index < -0.39 is 77.2 Å². The Morgan fingerprint density at radius 1 is 1.06 bits per heavy atom. The smallest absolute Gasteiger partial charge is 0.312 e. The van der Waals surface area contributed by atoms with Gasteiger partial charge in [0, 0.05) is 36.8 Å². The summed E-state index contributed by atoms with van der Waals surface area (Å²) in [5.74, 6) is -3.84. The number of hydrogen-bond donors (Lipinski definition) is 6. The molecule has 13 heteroatoms. The lowest BCUT2D eigenvalue weighted by molar-refractivity contribution is -0.304. The van der Waals surface area contributed by atoms with Crippen molar-refractivity contribution in [2.24, 2.45) is 17.8 Å². The number of cyclic esters (lactones) is 1. The number of rotatable bonds is 8. The maximum absolute atomic E-state index is 14.5. The lowest BCUT2D eigenvalue weighted by atomic mass is 9.70. The van der Waals surface area contributed by atoms with Crippen LogP contribution < -0.4 is 10.2 Å². The van der Waals surface area contributed by atoms with E-state index in [4.69, 9.17) is 14.2 Å². The van der Waals surface area contributed by atoms with Gasteiger partial charge in [-0.1, -0.05) is 26.8 Å². The average Bonchev–Trinajstić information content (AvgIpc) is 3.06. The summed E-state index contributed by atoms with van der Waals surface area (Å²) in [6.07, 6.45) is -5.38. The van der Waals surface area contributed by atoms with Crippen molar-refractivity contribution >= 4 is 11.7 Å². The van der Waals surface area contributed by atoms with Gasteiger partial charge in [0.15, 0.2) is 6.29 Å². The Morgan fingerprint density at radius 2 is 1.71 bits per heavy atom. The lowest BCUT2D eigenvalue weighted by Gasteiger charge is -2.50. The average molecular weight is 728 g/mol. The van der Waals surface area contributed by atoms with Crippen LogP contribution in [0.4, 0.5) is 10.1 Å². The summed E-state index contributed by atoms with van der Waals surface area (Å²) >= 11 is 0. The fourth-order valence-electron chi connectivity index (χ4n) is 8.06. The number of aliphatic hydroxyl groups excluding tert-OH is 2. The van der Waals surface area contributed by atoms with Gasteiger partial charge in [0.05, 0.1) is 23.7 Å². The zero-order chi connectivity index (χ0) is 38.6. The van der Waals surface area contributed by atoms with E-state index in [1.165, 1.54) is 26.0 Å². The van der Waals surface area contributed by atoms with Crippen LogP contribution in [-0.2, 0) is 19.0 Å². The zero-order valence-corrected chi connectivity index (χ0v) is 32.5. The van der Waals surface area contributed by atoms with Crippen molar-refractivity contribution in [3.05, 3.63) is 30.1 Å². The monoisotopic (exact) mass is 727 g/mol. The molecule has 2 fully saturated rings. The molecular weight excluding hydrogens is 661 g/mol. The lowest BCUT2D eigenvalue weighted by Crippen LogP contribution is -2.64. The van der Waals surface area contributed by atoms with Crippen molar-refractivity contribution in [2.75, 3.05) is 38.6 Å². The minimum Gasteiger partial charge on any atom is -0.459 e. The van der Waals surface area contributed by atoms with Crippen molar-refractivity contribution in [2.45, 2.75) is 147 Å². The molecule has 0 spiro atoms. The molecular formula is C38H66FN3O9. The molecule has 0 aromatic heterocycles. The Labute approximate surface area is 304 Å². The molecule has 2 aliphatic rings. The Hall–Kier alpha value is -1.94. The van der Waals surface area contributed by atoms with Crippen LogP contribution in [0.5, 0.6) is 0 Å². The van der Waals surface area contributed by atoms with E-state index in [2.05, 4.69) is 5.32 Å². The molecule has 2 heterocycles. The highest BCUT2D eigenvalue weighted by Gasteiger charge is 2.55. The Bertz CT molecular complexity index is 1270. The topological polar surface area (TPSA) is 164 Å². The highest BCUT2D eigenvalue weighted by atomic mass is 19.1. The summed E-state index contributed by atoms with van der Waals surface area (Å²) < 4.78 is 33.2. The second-order valence-corrected chi connectivity index (χ2v) is 16.0. The molecule has 0 bridgehead atoms. The largest absolute Gasteiger partial charge is 0.459 e. The third-order valence-electron chi connectivity index (χ3n) is 11.4. The molecule has 3 rings (SSSR count). The molecule has 1 aromatic carbocycles. The van der Waals surface area contributed by atoms with E-state index >= 15 is 0 Å². The Balaban J connectivity index is 2.23. The number of anilines is 1. The standard InChI is InChI=1S/C38H66FN3O9/c1-12-30-37(9,47)32(44)26(7)40-20-22(3)19-36(8,46)33(51-35-31(43)29(41(10)11)17-23(4)49-35)24(5)38(48,25(6)34(45)50-30)21-42(13-2)28-16-14-15-27(39)18-28/h14-16,18,22-26,29-33,35,40,43-44,46-48H,12-13,17,19-21H2,1-11H3/t22-,23-,24-,25?,26-,29+,30-,31-,32-,33-,35+,36+,37-,38-/m1/s1. The molecule has 14 atom stereocenters. The summed E-state index contributed by atoms with van der Waals surface area (Å²) in [6, 6.07) is 4.99. The van der Waals surface area contributed by atoms with Crippen molar-refractivity contribution in [1.82, 2.24) is 10.2 Å². The van der Waals surface area contributed by atoms with E-state index in [0.29, 0.717) is 25.2 Å². The molecule has 2 aliphatic heterocycles. The first-order chi connectivity index (χ1) is 23.6. The second kappa shape index (κ2) is 17.5. The minimum atomic E-state index is -2.02. The van der Waals surface area contributed by atoms with Crippen LogP contribution in [0, 0.1) is 23.6 Å². The number of aliphatic hydroxyl groups is 5. The van der Waals surface area contributed by atoms with Crippen LogP contribution in [0.15, 0.2) is 24.3 Å². The van der Waals surface area contributed by atoms with Gasteiger partial charge in [-0.2, -0.15) is 0 Å². The Morgan fingerprint density at radius 3 is 2.27 bits per heavy atom. The second-order valence-electron chi connectivity index (χ2n) is 16.0. The predicted octanol–water partition coefficient (Wildman–Crippen LogP) is 2.67. The van der Waals surface area contributed by atoms with Crippen molar-refractivity contribution in [3.63, 3.8) is 0 Å². The number of carbonyl (C=O) groups excluding carboxylic acids is 1. The summed E-state index contributed by atoms with van der Waals surface area (Å²) in [6.45, 7) is 15.8. The maximum Gasteiger partial charge on any atom is 0.312 e. The van der Waals surface area contributed by atoms with Gasteiger partial charge in [-0.25, -0.2) is 4.39 Å². The van der Waals surface area contributed by atoms with Gasteiger partial charge in [0.25, 0.3) is 0 Å². The number of halogens is 1. The first-order valence-electron chi connectivity index (χ1n) is 18.5. The summed E-state index contributed by atoms with van der Waals surface area (Å²) in [5.41, 5.74) is -5.06. The maximum atomic E-state index is 14.5. The number of esters is 1. The zero-order valence-electron chi connectivity index (χ0n) is 32.5. The summed E-state index contributed by atoms with van der Waals surface area (Å²) in [5, 5.41) is 63.1. The van der Waals surface area contributed by atoms with Crippen LogP contribution >= 0.6 is 0 Å². The number of hydrogen-bond acceptors (Lipinski definition) is 12. The molecule has 2 saturated heterocycles. The quantitative estimate of drug-likeness (QED) is 0.218. The number of nitrogens with zero attached hydrogens (tertiary/aromatic N) is 2. The Kier molecular flexibility index (Phi) is 14.9. The van der Waals surface area contributed by atoms with E-state index in [1.54, 1.807) is 44.7 Å². The van der Waals surface area contributed by atoms with Gasteiger partial charge >= 0.3 is 5.97 Å². The molecule has 0 radical (unpaired) electrons. The van der Waals surface area contributed by atoms with Gasteiger partial charge in [-0.3, -0.25) is 4.79 Å². The van der Waals surface area contributed by atoms with Crippen molar-refractivity contribution < 1.29 is 48.9 Å². The number of likely N-dealkylation sites (N-methyl/N-ethyl adjacent to an activating group) is 2. The van der Waals surface area contributed by atoms with Gasteiger partial charge in [-0.15, -0.1) is 0 Å². The highest BCUT2D eigenvalue weighted by Crippen LogP contribution is 2.41. The number of ether oxygens (including phenoxy) is 3. The van der Waals surface area contributed by atoms with Gasteiger partial charge in [0.1, 0.15) is 35.3 Å². The number of benzene rings is 1. The first kappa shape index (κ1) is 43.5. The van der Waals surface area contributed by atoms with Crippen LogP contribution in [0.3, 0.4) is 0 Å². The van der Waals surface area contributed by atoms with Gasteiger partial charge in [-0.05, 0) is 106 Å². The molecule has 12 nitrogen and oxygen atoms in total. The SMILES string of the molecule is CC[C@H]1OC(=O)C(C)[C@@](O)(CN(CC)c2cccc(F)c2)[C@H](C)[C@@H](O[C@@H]2O[C@H](C)C[C@H](N(C)C)[C@H]2O)[C@@](C)(O)C[C@@H](C)CN[C@H](C)[C@@H](O)[C@]1(C)O. The third kappa shape index (κ3) is 9.98. The summed E-state index contributed by atoms with van der Waals surface area (Å²) in [7, 11) is 3.72. The molecule has 51 heavy (non-hydrogen) atoms. The van der Waals surface area contributed by atoms with Crippen molar-refractivity contribution in [1.29, 1.82) is 0 Å². The fourth-order valence-corrected chi connectivity index (χ4v) is 8.06. The first-order valence-corrected chi connectivity index (χ1v) is 18.5. The minimum absolute atomic E-state index is 0.150. The fraction of sp³-hybridized carbons (Fsp3) is 0.816. The molecule has 0 saturated carbocycles. The normalized spacial score (nSPS) is 42.2. The van der Waals surface area contributed by atoms with Crippen LogP contribution in [-0.4, -0.2) is 136 Å². The molecule has 294 valence electrons. The van der Waals surface area contributed by atoms with Crippen LogP contribution in [0.25, 0.3) is 0 Å². The van der Waals surface area contributed by atoms with Crippen LogP contribution in [0.1, 0.15) is 81.6 Å². The van der Waals surface area contributed by atoms with Crippen LogP contribution in [0.2, 0.25) is 0 Å². The van der Waals surface area contributed by atoms with Crippen molar-refractivity contribution in [3.8, 4) is 0 Å². The van der Waals surface area contributed by atoms with E-state index in [-0.39, 0.29) is 37.5 Å². The molecule has 6 N–H and O–H groups in total. The molecule has 1 aromatic rings. The molecule has 0 aliphatic carbocycles. The number of carbonyl (C=O) groups is 1. The highest BCUT2D eigenvalue weighted by molar-refractivity contribution is 5.74. The third-order valence-corrected chi connectivity index (χ3v) is 11.4. The summed E-state index contributed by atoms with van der Waals surface area (Å²) in [4.78, 5) is 17.8. The van der Waals surface area contributed by atoms with E-state index in [9.17, 15) is 34.7 Å². The van der Waals surface area contributed by atoms with E-state index in [0.717, 1.165) is 0 Å². The predicted molar refractivity (Wildman–Crippen MR) is 194 cm³/mol. The van der Waals surface area contributed by atoms with Gasteiger partial charge in [0.2, 0.25) is 0 Å².